The molecule has 2 fully saturated rings. The molecule has 5 heteroatoms. The first-order valence-corrected chi connectivity index (χ1v) is 11.4. The van der Waals surface area contributed by atoms with Gasteiger partial charge in [0.2, 0.25) is 6.79 Å². The lowest BCUT2D eigenvalue weighted by atomic mass is 10.0. The summed E-state index contributed by atoms with van der Waals surface area (Å²) >= 11 is 0. The molecule has 0 spiro atoms. The summed E-state index contributed by atoms with van der Waals surface area (Å²) in [7, 11) is 0. The molecule has 0 amide bonds. The van der Waals surface area contributed by atoms with E-state index in [1.165, 1.54) is 56.7 Å². The summed E-state index contributed by atoms with van der Waals surface area (Å²) in [6.07, 6.45) is 3.84. The lowest BCUT2D eigenvalue weighted by Gasteiger charge is -2.43. The van der Waals surface area contributed by atoms with Crippen LogP contribution in [-0.2, 0) is 13.0 Å². The number of hydrogen-bond donors (Lipinski definition) is 0. The first-order chi connectivity index (χ1) is 14.8. The van der Waals surface area contributed by atoms with Crippen LogP contribution in [0.15, 0.2) is 48.5 Å². The highest BCUT2D eigenvalue weighted by Crippen LogP contribution is 2.33. The molecule has 2 aromatic carbocycles. The fourth-order valence-electron chi connectivity index (χ4n) is 5.05. The van der Waals surface area contributed by atoms with Gasteiger partial charge in [0.05, 0.1) is 0 Å². The molecule has 5 nitrogen and oxygen atoms in total. The number of benzene rings is 2. The Morgan fingerprint density at radius 2 is 1.63 bits per heavy atom. The minimum atomic E-state index is 0.348. The SMILES string of the molecule is c1ccc(CCN2CCC[C@H](N3CCN(Cc4ccc5c(c4)OCO5)CC3)C2)cc1. The molecule has 30 heavy (non-hydrogen) atoms. The van der Waals surface area contributed by atoms with E-state index in [1.54, 1.807) is 0 Å². The van der Waals surface area contributed by atoms with Crippen molar-refractivity contribution in [2.45, 2.75) is 31.8 Å². The second kappa shape index (κ2) is 9.38. The highest BCUT2D eigenvalue weighted by molar-refractivity contribution is 5.44. The molecular formula is C25H33N3O2. The van der Waals surface area contributed by atoms with Gasteiger partial charge in [-0.3, -0.25) is 9.80 Å². The van der Waals surface area contributed by atoms with Crippen LogP contribution in [0.25, 0.3) is 0 Å². The number of nitrogens with zero attached hydrogens (tertiary/aromatic N) is 3. The quantitative estimate of drug-likeness (QED) is 0.733. The second-order valence-corrected chi connectivity index (χ2v) is 8.83. The van der Waals surface area contributed by atoms with E-state index in [-0.39, 0.29) is 0 Å². The normalized spacial score (nSPS) is 23.0. The third-order valence-electron chi connectivity index (χ3n) is 6.81. The Hall–Kier alpha value is -2.08. The fourth-order valence-corrected chi connectivity index (χ4v) is 5.05. The molecule has 2 saturated heterocycles. The van der Waals surface area contributed by atoms with Gasteiger partial charge < -0.3 is 14.4 Å². The molecule has 0 radical (unpaired) electrons. The third-order valence-corrected chi connectivity index (χ3v) is 6.81. The summed E-state index contributed by atoms with van der Waals surface area (Å²) in [5.74, 6) is 1.77. The lowest BCUT2D eigenvalue weighted by Crippen LogP contribution is -2.55. The number of piperidine rings is 1. The predicted octanol–water partition coefficient (Wildman–Crippen LogP) is 3.24. The van der Waals surface area contributed by atoms with Gasteiger partial charge in [-0.05, 0) is 49.1 Å². The third kappa shape index (κ3) is 4.80. The van der Waals surface area contributed by atoms with Gasteiger partial charge in [0.15, 0.2) is 11.5 Å². The molecule has 0 N–H and O–H groups in total. The van der Waals surface area contributed by atoms with Crippen molar-refractivity contribution < 1.29 is 9.47 Å². The van der Waals surface area contributed by atoms with Crippen LogP contribution in [0.2, 0.25) is 0 Å². The molecule has 0 aliphatic carbocycles. The van der Waals surface area contributed by atoms with Crippen LogP contribution in [0.4, 0.5) is 0 Å². The van der Waals surface area contributed by atoms with Crippen LogP contribution in [0.1, 0.15) is 24.0 Å². The standard InChI is InChI=1S/C25H33N3O2/c1-2-5-21(6-3-1)10-12-26-11-4-7-23(19-26)28-15-13-27(14-16-28)18-22-8-9-24-25(17-22)30-20-29-24/h1-3,5-6,8-9,17,23H,4,7,10-16,18-20H2/t23-/m0/s1. The summed E-state index contributed by atoms with van der Waals surface area (Å²) in [6.45, 7) is 9.68. The average Bonchev–Trinajstić information content (AvgIpc) is 3.27. The highest BCUT2D eigenvalue weighted by atomic mass is 16.7. The molecule has 2 aromatic rings. The first kappa shape index (κ1) is 19.9. The van der Waals surface area contributed by atoms with E-state index < -0.39 is 0 Å². The zero-order valence-electron chi connectivity index (χ0n) is 17.8. The molecular weight excluding hydrogens is 374 g/mol. The number of piperazine rings is 1. The topological polar surface area (TPSA) is 28.2 Å². The van der Waals surface area contributed by atoms with Crippen molar-refractivity contribution in [1.29, 1.82) is 0 Å². The minimum Gasteiger partial charge on any atom is -0.454 e. The summed E-state index contributed by atoms with van der Waals surface area (Å²) < 4.78 is 11.0. The molecule has 0 aromatic heterocycles. The zero-order valence-corrected chi connectivity index (χ0v) is 17.8. The van der Waals surface area contributed by atoms with Gasteiger partial charge in [-0.15, -0.1) is 0 Å². The van der Waals surface area contributed by atoms with E-state index in [0.717, 1.165) is 43.6 Å². The Labute approximate surface area is 180 Å². The monoisotopic (exact) mass is 407 g/mol. The smallest absolute Gasteiger partial charge is 0.231 e. The Kier molecular flexibility index (Phi) is 6.21. The van der Waals surface area contributed by atoms with E-state index in [4.69, 9.17) is 9.47 Å². The molecule has 3 aliphatic heterocycles. The van der Waals surface area contributed by atoms with E-state index in [1.807, 2.05) is 6.07 Å². The molecule has 5 rings (SSSR count). The zero-order chi connectivity index (χ0) is 20.2. The van der Waals surface area contributed by atoms with Crippen molar-refractivity contribution in [3.8, 4) is 11.5 Å². The Morgan fingerprint density at radius 1 is 0.800 bits per heavy atom. The fraction of sp³-hybridized carbons (Fsp3) is 0.520. The first-order valence-electron chi connectivity index (χ1n) is 11.4. The lowest BCUT2D eigenvalue weighted by molar-refractivity contribution is 0.0502. The second-order valence-electron chi connectivity index (χ2n) is 8.83. The average molecular weight is 408 g/mol. The summed E-state index contributed by atoms with van der Waals surface area (Å²) in [6, 6.07) is 18.0. The maximum absolute atomic E-state index is 5.53. The van der Waals surface area contributed by atoms with Gasteiger partial charge in [-0.1, -0.05) is 36.4 Å². The van der Waals surface area contributed by atoms with E-state index in [9.17, 15) is 0 Å². The molecule has 0 unspecified atom stereocenters. The summed E-state index contributed by atoms with van der Waals surface area (Å²) in [4.78, 5) is 8.00. The largest absolute Gasteiger partial charge is 0.454 e. The van der Waals surface area contributed by atoms with Crippen molar-refractivity contribution in [3.05, 3.63) is 59.7 Å². The summed E-state index contributed by atoms with van der Waals surface area (Å²) in [5.41, 5.74) is 2.77. The van der Waals surface area contributed by atoms with E-state index in [2.05, 4.69) is 57.2 Å². The number of rotatable bonds is 6. The molecule has 1 atom stereocenters. The van der Waals surface area contributed by atoms with E-state index >= 15 is 0 Å². The van der Waals surface area contributed by atoms with Crippen molar-refractivity contribution in [2.75, 3.05) is 52.6 Å². The molecule has 160 valence electrons. The van der Waals surface area contributed by atoms with Gasteiger partial charge in [-0.25, -0.2) is 0 Å². The van der Waals surface area contributed by atoms with Crippen molar-refractivity contribution in [2.24, 2.45) is 0 Å². The van der Waals surface area contributed by atoms with Gasteiger partial charge in [0, 0.05) is 51.9 Å². The maximum atomic E-state index is 5.53. The van der Waals surface area contributed by atoms with Crippen molar-refractivity contribution in [1.82, 2.24) is 14.7 Å². The Balaban J connectivity index is 1.08. The highest BCUT2D eigenvalue weighted by Gasteiger charge is 2.28. The molecule has 0 bridgehead atoms. The Morgan fingerprint density at radius 3 is 2.50 bits per heavy atom. The number of likely N-dealkylation sites (tertiary alicyclic amines) is 1. The van der Waals surface area contributed by atoms with Crippen molar-refractivity contribution >= 4 is 0 Å². The van der Waals surface area contributed by atoms with Gasteiger partial charge in [0.25, 0.3) is 0 Å². The molecule has 3 heterocycles. The van der Waals surface area contributed by atoms with Crippen LogP contribution in [0.5, 0.6) is 11.5 Å². The van der Waals surface area contributed by atoms with Crippen LogP contribution >= 0.6 is 0 Å². The van der Waals surface area contributed by atoms with Gasteiger partial charge >= 0.3 is 0 Å². The van der Waals surface area contributed by atoms with Crippen LogP contribution in [0.3, 0.4) is 0 Å². The predicted molar refractivity (Wildman–Crippen MR) is 119 cm³/mol. The van der Waals surface area contributed by atoms with Crippen molar-refractivity contribution in [3.63, 3.8) is 0 Å². The van der Waals surface area contributed by atoms with Gasteiger partial charge in [-0.2, -0.15) is 0 Å². The van der Waals surface area contributed by atoms with Gasteiger partial charge in [0.1, 0.15) is 0 Å². The summed E-state index contributed by atoms with van der Waals surface area (Å²) in [5, 5.41) is 0. The molecule has 3 aliphatic rings. The minimum absolute atomic E-state index is 0.348. The van der Waals surface area contributed by atoms with E-state index in [0.29, 0.717) is 6.79 Å². The Bertz CT molecular complexity index is 820. The van der Waals surface area contributed by atoms with Crippen LogP contribution in [-0.4, -0.2) is 73.3 Å². The molecule has 0 saturated carbocycles. The number of ether oxygens (including phenoxy) is 2. The van der Waals surface area contributed by atoms with Crippen LogP contribution < -0.4 is 9.47 Å². The number of hydrogen-bond acceptors (Lipinski definition) is 5. The number of fused-ring (bicyclic) bond motifs is 1. The maximum Gasteiger partial charge on any atom is 0.231 e. The van der Waals surface area contributed by atoms with Crippen LogP contribution in [0, 0.1) is 0 Å².